The van der Waals surface area contributed by atoms with Crippen LogP contribution in [0.1, 0.15) is 44.7 Å². The van der Waals surface area contributed by atoms with Gasteiger partial charge >= 0.3 is 0 Å². The molecule has 5 rings (SSSR count). The van der Waals surface area contributed by atoms with Gasteiger partial charge in [-0.15, -0.1) is 13.2 Å². The van der Waals surface area contributed by atoms with Crippen LogP contribution in [-0.2, 0) is 23.9 Å². The summed E-state index contributed by atoms with van der Waals surface area (Å²) in [5, 5.41) is 10.8. The first-order chi connectivity index (χ1) is 21.3. The molecule has 44 heavy (non-hydrogen) atoms. The Morgan fingerprint density at radius 1 is 1.07 bits per heavy atom. The number of rotatable bonds is 14. The fourth-order valence-electron chi connectivity index (χ4n) is 8.01. The quantitative estimate of drug-likeness (QED) is 0.323. The number of carbonyl (C=O) groups excluding carboxylic acids is 3. The van der Waals surface area contributed by atoms with E-state index in [4.69, 9.17) is 9.47 Å². The molecule has 10 nitrogen and oxygen atoms in total. The van der Waals surface area contributed by atoms with Crippen molar-refractivity contribution in [3.8, 4) is 0 Å². The van der Waals surface area contributed by atoms with Crippen molar-refractivity contribution in [2.45, 2.75) is 56.4 Å². The van der Waals surface area contributed by atoms with Crippen LogP contribution in [-0.4, -0.2) is 125 Å². The first kappa shape index (κ1) is 32.3. The third-order valence-corrected chi connectivity index (χ3v) is 10.0. The maximum absolute atomic E-state index is 14.8. The number of amides is 3. The van der Waals surface area contributed by atoms with Crippen molar-refractivity contribution in [2.24, 2.45) is 11.8 Å². The van der Waals surface area contributed by atoms with E-state index in [0.717, 1.165) is 25.1 Å². The predicted molar refractivity (Wildman–Crippen MR) is 166 cm³/mol. The molecule has 2 unspecified atom stereocenters. The topological polar surface area (TPSA) is 103 Å². The molecule has 240 valence electrons. The van der Waals surface area contributed by atoms with Crippen molar-refractivity contribution in [3.63, 3.8) is 0 Å². The summed E-state index contributed by atoms with van der Waals surface area (Å²) in [5.74, 6) is -2.27. The van der Waals surface area contributed by atoms with Gasteiger partial charge < -0.3 is 29.3 Å². The van der Waals surface area contributed by atoms with Crippen molar-refractivity contribution >= 4 is 17.7 Å². The standard InChI is InChI=1S/C34H48N4O6/c1-5-15-36(16-6-2)30(40)27-28-31(41)38(26(24-39)25-11-9-8-10-12-25)29(34(28)14-13-33(27,4)44-34)32(42)37(17-7-3)19-18-35-20-22-43-23-21-35/h5,7-12,26-29,39H,1,3,6,13-24H2,2,4H3/t26-,27+,28+,29?,33-,34?/m1/s1. The van der Waals surface area contributed by atoms with Gasteiger partial charge in [-0.25, -0.2) is 0 Å². The number of carbonyl (C=O) groups is 3. The lowest BCUT2D eigenvalue weighted by Gasteiger charge is -2.40. The number of fused-ring (bicyclic) bond motifs is 1. The highest BCUT2D eigenvalue weighted by atomic mass is 16.5. The number of aliphatic hydroxyl groups excluding tert-OH is 1. The van der Waals surface area contributed by atoms with Crippen molar-refractivity contribution in [1.82, 2.24) is 19.6 Å². The van der Waals surface area contributed by atoms with Gasteiger partial charge in [0.2, 0.25) is 17.7 Å². The summed E-state index contributed by atoms with van der Waals surface area (Å²) >= 11 is 0. The van der Waals surface area contributed by atoms with Crippen LogP contribution in [0.5, 0.6) is 0 Å². The Labute approximate surface area is 261 Å². The van der Waals surface area contributed by atoms with Crippen LogP contribution in [0.4, 0.5) is 0 Å². The molecule has 10 heteroatoms. The molecule has 6 atom stereocenters. The van der Waals surface area contributed by atoms with Gasteiger partial charge in [-0.05, 0) is 31.7 Å². The monoisotopic (exact) mass is 608 g/mol. The fraction of sp³-hybridized carbons (Fsp3) is 0.618. The Kier molecular flexibility index (Phi) is 9.94. The third-order valence-electron chi connectivity index (χ3n) is 10.0. The molecule has 0 radical (unpaired) electrons. The molecule has 3 amide bonds. The summed E-state index contributed by atoms with van der Waals surface area (Å²) < 4.78 is 12.4. The molecular weight excluding hydrogens is 560 g/mol. The lowest BCUT2D eigenvalue weighted by Crippen LogP contribution is -2.58. The van der Waals surface area contributed by atoms with Gasteiger partial charge in [0.25, 0.3) is 0 Å². The average molecular weight is 609 g/mol. The number of nitrogens with zero attached hydrogens (tertiary/aromatic N) is 4. The molecule has 4 heterocycles. The molecule has 4 aliphatic rings. The Hall–Kier alpha value is -3.05. The highest BCUT2D eigenvalue weighted by molar-refractivity contribution is 5.99. The van der Waals surface area contributed by atoms with Crippen molar-refractivity contribution in [3.05, 3.63) is 61.2 Å². The van der Waals surface area contributed by atoms with Crippen LogP contribution in [0.15, 0.2) is 55.6 Å². The first-order valence-electron chi connectivity index (χ1n) is 16.0. The average Bonchev–Trinajstić information content (AvgIpc) is 3.60. The number of likely N-dealkylation sites (tertiary alicyclic amines) is 1. The zero-order valence-electron chi connectivity index (χ0n) is 26.2. The van der Waals surface area contributed by atoms with E-state index >= 15 is 0 Å². The smallest absolute Gasteiger partial charge is 0.248 e. The second-order valence-electron chi connectivity index (χ2n) is 12.7. The highest BCUT2D eigenvalue weighted by Crippen LogP contribution is 2.64. The number of hydrogen-bond donors (Lipinski definition) is 1. The molecule has 4 fully saturated rings. The van der Waals surface area contributed by atoms with Gasteiger partial charge in [0, 0.05) is 45.8 Å². The van der Waals surface area contributed by atoms with E-state index in [9.17, 15) is 19.5 Å². The van der Waals surface area contributed by atoms with Crippen LogP contribution < -0.4 is 0 Å². The molecule has 4 saturated heterocycles. The zero-order chi connectivity index (χ0) is 31.5. The number of hydrogen-bond acceptors (Lipinski definition) is 7. The zero-order valence-corrected chi connectivity index (χ0v) is 26.2. The van der Waals surface area contributed by atoms with Gasteiger partial charge in [-0.1, -0.05) is 49.4 Å². The molecule has 0 aromatic heterocycles. The minimum Gasteiger partial charge on any atom is -0.394 e. The Morgan fingerprint density at radius 2 is 1.73 bits per heavy atom. The lowest BCUT2D eigenvalue weighted by atomic mass is 9.66. The number of morpholine rings is 1. The molecule has 0 aliphatic carbocycles. The molecular formula is C34H48N4O6. The second kappa shape index (κ2) is 13.5. The largest absolute Gasteiger partial charge is 0.394 e. The molecule has 1 spiro atoms. The van der Waals surface area contributed by atoms with Crippen LogP contribution in [0.2, 0.25) is 0 Å². The van der Waals surface area contributed by atoms with Gasteiger partial charge in [-0.2, -0.15) is 0 Å². The van der Waals surface area contributed by atoms with Crippen LogP contribution >= 0.6 is 0 Å². The molecule has 1 aromatic rings. The Bertz CT molecular complexity index is 1220. The highest BCUT2D eigenvalue weighted by Gasteiger charge is 2.79. The van der Waals surface area contributed by atoms with Crippen molar-refractivity contribution in [2.75, 3.05) is 65.6 Å². The van der Waals surface area contributed by atoms with E-state index in [2.05, 4.69) is 18.1 Å². The van der Waals surface area contributed by atoms with Crippen LogP contribution in [0.25, 0.3) is 0 Å². The predicted octanol–water partition coefficient (Wildman–Crippen LogP) is 2.26. The first-order valence-corrected chi connectivity index (χ1v) is 16.0. The van der Waals surface area contributed by atoms with Gasteiger partial charge in [0.05, 0.1) is 43.3 Å². The maximum atomic E-state index is 14.8. The molecule has 4 aliphatic heterocycles. The minimum atomic E-state index is -1.18. The molecule has 1 N–H and O–H groups in total. The van der Waals surface area contributed by atoms with Gasteiger partial charge in [-0.3, -0.25) is 19.3 Å². The summed E-state index contributed by atoms with van der Waals surface area (Å²) in [6.07, 6.45) is 5.20. The van der Waals surface area contributed by atoms with Crippen molar-refractivity contribution < 1.29 is 29.0 Å². The lowest BCUT2D eigenvalue weighted by molar-refractivity contribution is -0.156. The van der Waals surface area contributed by atoms with Crippen LogP contribution in [0.3, 0.4) is 0 Å². The maximum Gasteiger partial charge on any atom is 0.248 e. The van der Waals surface area contributed by atoms with Gasteiger partial charge in [0.15, 0.2) is 0 Å². The summed E-state index contributed by atoms with van der Waals surface area (Å²) in [4.78, 5) is 51.2. The van der Waals surface area contributed by atoms with Gasteiger partial charge in [0.1, 0.15) is 11.6 Å². The van der Waals surface area contributed by atoms with E-state index < -0.39 is 35.1 Å². The van der Waals surface area contributed by atoms with E-state index in [0.29, 0.717) is 58.8 Å². The summed E-state index contributed by atoms with van der Waals surface area (Å²) in [7, 11) is 0. The second-order valence-corrected chi connectivity index (χ2v) is 12.7. The molecule has 1 aromatic carbocycles. The van der Waals surface area contributed by atoms with E-state index in [1.165, 1.54) is 0 Å². The Balaban J connectivity index is 1.56. The summed E-state index contributed by atoms with van der Waals surface area (Å²) in [5.41, 5.74) is -1.34. The Morgan fingerprint density at radius 3 is 2.34 bits per heavy atom. The fourth-order valence-corrected chi connectivity index (χ4v) is 8.01. The van der Waals surface area contributed by atoms with Crippen LogP contribution in [0, 0.1) is 11.8 Å². The summed E-state index contributed by atoms with van der Waals surface area (Å²) in [6.45, 7) is 16.5. The molecule has 2 bridgehead atoms. The number of benzene rings is 1. The number of ether oxygens (including phenoxy) is 2. The van der Waals surface area contributed by atoms with E-state index in [-0.39, 0.29) is 24.3 Å². The SMILES string of the molecule is C=CCN(CCN1CCOCC1)C(=O)C1N([C@H](CO)c2ccccc2)C(=O)[C@@H]2[C@@H](C(=O)N(CC=C)CCC)[C@@]3(C)CCC12O3. The van der Waals surface area contributed by atoms with E-state index in [1.807, 2.05) is 44.2 Å². The molecule has 0 saturated carbocycles. The summed E-state index contributed by atoms with van der Waals surface area (Å²) in [6, 6.07) is 7.53. The third kappa shape index (κ3) is 5.62. The number of aliphatic hydroxyl groups is 1. The van der Waals surface area contributed by atoms with Crippen molar-refractivity contribution in [1.29, 1.82) is 0 Å². The van der Waals surface area contributed by atoms with E-state index in [1.54, 1.807) is 26.9 Å². The minimum absolute atomic E-state index is 0.141. The normalized spacial score (nSPS) is 30.2.